The number of rotatable bonds is 10. The van der Waals surface area contributed by atoms with Crippen LogP contribution >= 0.6 is 23.5 Å². The van der Waals surface area contributed by atoms with Crippen LogP contribution in [-0.2, 0) is 23.9 Å². The van der Waals surface area contributed by atoms with Crippen molar-refractivity contribution in [3.8, 4) is 0 Å². The van der Waals surface area contributed by atoms with Crippen molar-refractivity contribution in [1.82, 2.24) is 9.80 Å². The molecule has 0 aromatic heterocycles. The summed E-state index contributed by atoms with van der Waals surface area (Å²) in [6, 6.07) is 0. The van der Waals surface area contributed by atoms with Crippen molar-refractivity contribution >= 4 is 46.4 Å². The molecular formula is C18H26N2O5S2. The highest BCUT2D eigenvalue weighted by Gasteiger charge is 2.32. The van der Waals surface area contributed by atoms with Gasteiger partial charge in [0, 0.05) is 43.0 Å². The largest absolute Gasteiger partial charge is 0.456 e. The smallest absolute Gasteiger partial charge is 0.333 e. The molecule has 0 saturated carbocycles. The van der Waals surface area contributed by atoms with Gasteiger partial charge in [-0.1, -0.05) is 24.9 Å². The monoisotopic (exact) mass is 414 g/mol. The summed E-state index contributed by atoms with van der Waals surface area (Å²) in [6.45, 7) is 11.4. The van der Waals surface area contributed by atoms with E-state index in [1.54, 1.807) is 20.9 Å². The quantitative estimate of drug-likeness (QED) is 0.231. The molecule has 1 aliphatic heterocycles. The third-order valence-electron chi connectivity index (χ3n) is 3.68. The minimum atomic E-state index is -0.590. The SMILES string of the molecule is C=C(C)C(=O)OC(CSCCSC(=O)C(=C)C)CN1CCN(C)C(=O)C1=O. The first-order valence-corrected chi connectivity index (χ1v) is 10.6. The van der Waals surface area contributed by atoms with Crippen molar-refractivity contribution in [2.45, 2.75) is 20.0 Å². The normalized spacial score (nSPS) is 15.5. The molecule has 1 saturated heterocycles. The molecular weight excluding hydrogens is 388 g/mol. The molecule has 2 amide bonds. The number of hydrogen-bond donors (Lipinski definition) is 0. The predicted molar refractivity (Wildman–Crippen MR) is 109 cm³/mol. The van der Waals surface area contributed by atoms with Crippen molar-refractivity contribution in [3.05, 3.63) is 24.3 Å². The van der Waals surface area contributed by atoms with Crippen molar-refractivity contribution < 1.29 is 23.9 Å². The second-order valence-corrected chi connectivity index (χ2v) is 8.49. The molecule has 1 rings (SSSR count). The topological polar surface area (TPSA) is 84.0 Å². The highest BCUT2D eigenvalue weighted by molar-refractivity contribution is 8.14. The summed E-state index contributed by atoms with van der Waals surface area (Å²) in [5, 5.41) is -0.0394. The molecule has 1 aliphatic rings. The molecule has 0 N–H and O–H groups in total. The first kappa shape index (κ1) is 23.3. The maximum absolute atomic E-state index is 12.1. The molecule has 1 heterocycles. The van der Waals surface area contributed by atoms with Gasteiger partial charge in [-0.3, -0.25) is 14.4 Å². The fourth-order valence-corrected chi connectivity index (χ4v) is 3.94. The first-order valence-electron chi connectivity index (χ1n) is 8.44. The third kappa shape index (κ3) is 7.80. The predicted octanol–water partition coefficient (Wildman–Crippen LogP) is 1.34. The summed E-state index contributed by atoms with van der Waals surface area (Å²) >= 11 is 2.71. The Labute approximate surface area is 168 Å². The summed E-state index contributed by atoms with van der Waals surface area (Å²) in [4.78, 5) is 50.1. The number of carbonyl (C=O) groups is 4. The van der Waals surface area contributed by atoms with Gasteiger partial charge in [0.05, 0.1) is 6.54 Å². The van der Waals surface area contributed by atoms with Crippen LogP contribution in [-0.4, -0.2) is 82.7 Å². The molecule has 0 bridgehead atoms. The van der Waals surface area contributed by atoms with E-state index < -0.39 is 23.9 Å². The molecule has 0 aromatic carbocycles. The van der Waals surface area contributed by atoms with Crippen LogP contribution in [0.25, 0.3) is 0 Å². The molecule has 1 atom stereocenters. The van der Waals surface area contributed by atoms with Crippen LogP contribution in [0.5, 0.6) is 0 Å². The Bertz CT molecular complexity index is 635. The fourth-order valence-electron chi connectivity index (χ4n) is 2.10. The van der Waals surface area contributed by atoms with Crippen molar-refractivity contribution in [3.63, 3.8) is 0 Å². The molecule has 1 fully saturated rings. The van der Waals surface area contributed by atoms with Crippen molar-refractivity contribution in [2.75, 3.05) is 43.9 Å². The highest BCUT2D eigenvalue weighted by Crippen LogP contribution is 2.15. The summed E-state index contributed by atoms with van der Waals surface area (Å²) in [6.07, 6.45) is -0.554. The van der Waals surface area contributed by atoms with Gasteiger partial charge in [0.2, 0.25) is 5.12 Å². The summed E-state index contributed by atoms with van der Waals surface area (Å²) < 4.78 is 5.43. The van der Waals surface area contributed by atoms with E-state index in [9.17, 15) is 19.2 Å². The van der Waals surface area contributed by atoms with E-state index in [0.717, 1.165) is 0 Å². The number of nitrogens with zero attached hydrogens (tertiary/aromatic N) is 2. The lowest BCUT2D eigenvalue weighted by Crippen LogP contribution is -2.55. The van der Waals surface area contributed by atoms with Gasteiger partial charge in [-0.15, -0.1) is 0 Å². The van der Waals surface area contributed by atoms with Crippen LogP contribution in [0.1, 0.15) is 13.8 Å². The molecule has 9 heteroatoms. The van der Waals surface area contributed by atoms with Gasteiger partial charge in [-0.2, -0.15) is 11.8 Å². The van der Waals surface area contributed by atoms with E-state index in [0.29, 0.717) is 35.9 Å². The van der Waals surface area contributed by atoms with Gasteiger partial charge >= 0.3 is 17.8 Å². The lowest BCUT2D eigenvalue weighted by Gasteiger charge is -2.33. The third-order valence-corrected chi connectivity index (χ3v) is 6.06. The second kappa shape index (κ2) is 11.2. The van der Waals surface area contributed by atoms with Gasteiger partial charge in [0.25, 0.3) is 0 Å². The Morgan fingerprint density at radius 3 is 2.37 bits per heavy atom. The molecule has 1 unspecified atom stereocenters. The van der Waals surface area contributed by atoms with E-state index in [4.69, 9.17) is 4.74 Å². The Morgan fingerprint density at radius 2 is 1.78 bits per heavy atom. The van der Waals surface area contributed by atoms with Crippen molar-refractivity contribution in [1.29, 1.82) is 0 Å². The fraction of sp³-hybridized carbons (Fsp3) is 0.556. The summed E-state index contributed by atoms with van der Waals surface area (Å²) in [7, 11) is 1.58. The molecule has 0 spiro atoms. The summed E-state index contributed by atoms with van der Waals surface area (Å²) in [5.41, 5.74) is 0.782. The summed E-state index contributed by atoms with van der Waals surface area (Å²) in [5.74, 6) is 0.0695. The van der Waals surface area contributed by atoms with Crippen LogP contribution in [0.15, 0.2) is 24.3 Å². The van der Waals surface area contributed by atoms with Gasteiger partial charge in [-0.25, -0.2) is 4.79 Å². The molecule has 0 aromatic rings. The average Bonchev–Trinajstić information content (AvgIpc) is 2.61. The standard InChI is InChI=1S/C18H26N2O5S2/c1-12(2)17(23)25-14(11-26-8-9-27-18(24)13(3)4)10-20-7-6-19(5)15(21)16(20)22/h14H,1,3,6-11H2,2,4-5H3. The lowest BCUT2D eigenvalue weighted by molar-refractivity contribution is -0.157. The zero-order valence-electron chi connectivity index (χ0n) is 16.0. The van der Waals surface area contributed by atoms with E-state index >= 15 is 0 Å². The van der Waals surface area contributed by atoms with E-state index in [2.05, 4.69) is 13.2 Å². The molecule has 0 aliphatic carbocycles. The number of hydrogen-bond acceptors (Lipinski definition) is 7. The molecule has 27 heavy (non-hydrogen) atoms. The second-order valence-electron chi connectivity index (χ2n) is 6.28. The van der Waals surface area contributed by atoms with Gasteiger partial charge in [-0.05, 0) is 19.4 Å². The van der Waals surface area contributed by atoms with Gasteiger partial charge < -0.3 is 14.5 Å². The number of carbonyl (C=O) groups excluding carboxylic acids is 4. The zero-order chi connectivity index (χ0) is 20.6. The van der Waals surface area contributed by atoms with Crippen LogP contribution in [0, 0.1) is 0 Å². The Balaban J connectivity index is 2.57. The van der Waals surface area contributed by atoms with Gasteiger partial charge in [0.15, 0.2) is 0 Å². The number of piperazine rings is 1. The van der Waals surface area contributed by atoms with E-state index in [-0.39, 0.29) is 17.2 Å². The Kier molecular flexibility index (Phi) is 9.65. The molecule has 7 nitrogen and oxygen atoms in total. The van der Waals surface area contributed by atoms with Crippen LogP contribution < -0.4 is 0 Å². The highest BCUT2D eigenvalue weighted by atomic mass is 32.2. The number of likely N-dealkylation sites (N-methyl/N-ethyl adjacent to an activating group) is 1. The number of ether oxygens (including phenoxy) is 1. The average molecular weight is 415 g/mol. The first-order chi connectivity index (χ1) is 12.6. The van der Waals surface area contributed by atoms with Crippen LogP contribution in [0.2, 0.25) is 0 Å². The molecule has 0 radical (unpaired) electrons. The van der Waals surface area contributed by atoms with Crippen molar-refractivity contribution in [2.24, 2.45) is 0 Å². The lowest BCUT2D eigenvalue weighted by atomic mass is 10.2. The molecule has 150 valence electrons. The Morgan fingerprint density at radius 1 is 1.11 bits per heavy atom. The zero-order valence-corrected chi connectivity index (χ0v) is 17.6. The van der Waals surface area contributed by atoms with Crippen LogP contribution in [0.3, 0.4) is 0 Å². The van der Waals surface area contributed by atoms with E-state index in [1.807, 2.05) is 0 Å². The number of esters is 1. The number of thioether (sulfide) groups is 2. The van der Waals surface area contributed by atoms with Gasteiger partial charge in [0.1, 0.15) is 6.10 Å². The maximum Gasteiger partial charge on any atom is 0.333 e. The minimum absolute atomic E-state index is 0.0394. The number of amides is 2. The van der Waals surface area contributed by atoms with E-state index in [1.165, 1.54) is 33.3 Å². The minimum Gasteiger partial charge on any atom is -0.456 e. The van der Waals surface area contributed by atoms with Crippen LogP contribution in [0.4, 0.5) is 0 Å². The Hall–Kier alpha value is -1.74. The maximum atomic E-state index is 12.1.